The van der Waals surface area contributed by atoms with Crippen LogP contribution in [0.2, 0.25) is 0 Å². The summed E-state index contributed by atoms with van der Waals surface area (Å²) < 4.78 is 1.24. The van der Waals surface area contributed by atoms with Gasteiger partial charge in [-0.3, -0.25) is 14.5 Å². The number of carbonyl (C=O) groups is 1. The van der Waals surface area contributed by atoms with Crippen molar-refractivity contribution in [2.24, 2.45) is 7.05 Å². The summed E-state index contributed by atoms with van der Waals surface area (Å²) in [5.41, 5.74) is 1.43. The molecule has 1 fully saturated rings. The second-order valence-electron chi connectivity index (χ2n) is 7.33. The Bertz CT molecular complexity index is 1040. The van der Waals surface area contributed by atoms with Gasteiger partial charge in [0.15, 0.2) is 5.69 Å². The number of fused-ring (bicyclic) bond motifs is 1. The van der Waals surface area contributed by atoms with Crippen LogP contribution in [0.4, 0.5) is 0 Å². The minimum Gasteiger partial charge on any atom is -0.348 e. The number of nitrogens with one attached hydrogen (secondary N) is 1. The third-order valence-electron chi connectivity index (χ3n) is 5.34. The van der Waals surface area contributed by atoms with Gasteiger partial charge in [0.1, 0.15) is 0 Å². The van der Waals surface area contributed by atoms with Crippen LogP contribution in [0.15, 0.2) is 59.4 Å². The number of aryl methyl sites for hydroxylation is 1. The Labute approximate surface area is 163 Å². The highest BCUT2D eigenvalue weighted by Gasteiger charge is 2.23. The first-order valence-electron chi connectivity index (χ1n) is 9.65. The number of amides is 1. The molecule has 1 N–H and O–H groups in total. The van der Waals surface area contributed by atoms with Gasteiger partial charge < -0.3 is 5.32 Å². The molecular formula is C22H24N4O2. The van der Waals surface area contributed by atoms with Gasteiger partial charge in [-0.25, -0.2) is 4.68 Å². The van der Waals surface area contributed by atoms with Crippen molar-refractivity contribution in [1.29, 1.82) is 0 Å². The standard InChI is InChI=1S/C22H24N4O2/c1-25-22(28)19-10-6-5-9-18(19)20(24-25)21(27)23-17-11-13-26(14-12-17)15-16-7-3-2-4-8-16/h2-10,17H,11-15H2,1H3,(H,23,27). The molecule has 0 radical (unpaired) electrons. The zero-order valence-corrected chi connectivity index (χ0v) is 16.0. The molecule has 2 aromatic carbocycles. The molecule has 0 saturated carbocycles. The minimum atomic E-state index is -0.215. The second kappa shape index (κ2) is 7.94. The summed E-state index contributed by atoms with van der Waals surface area (Å²) in [5.74, 6) is -0.215. The van der Waals surface area contributed by atoms with E-state index in [1.807, 2.05) is 12.1 Å². The van der Waals surface area contributed by atoms with Crippen molar-refractivity contribution >= 4 is 16.7 Å². The molecule has 28 heavy (non-hydrogen) atoms. The maximum atomic E-state index is 12.9. The van der Waals surface area contributed by atoms with Crippen molar-refractivity contribution in [1.82, 2.24) is 20.0 Å². The molecule has 1 aromatic heterocycles. The molecule has 0 unspecified atom stereocenters. The molecule has 1 aliphatic rings. The fourth-order valence-electron chi connectivity index (χ4n) is 3.80. The van der Waals surface area contributed by atoms with Crippen LogP contribution in [0.5, 0.6) is 0 Å². The van der Waals surface area contributed by atoms with Crippen LogP contribution in [-0.2, 0) is 13.6 Å². The molecule has 2 heterocycles. The molecule has 0 atom stereocenters. The van der Waals surface area contributed by atoms with Crippen LogP contribution in [0.3, 0.4) is 0 Å². The first kappa shape index (κ1) is 18.4. The predicted molar refractivity (Wildman–Crippen MR) is 109 cm³/mol. The zero-order chi connectivity index (χ0) is 19.5. The zero-order valence-electron chi connectivity index (χ0n) is 16.0. The molecule has 3 aromatic rings. The number of hydrogen-bond acceptors (Lipinski definition) is 4. The normalized spacial score (nSPS) is 15.6. The third kappa shape index (κ3) is 3.82. The first-order chi connectivity index (χ1) is 13.6. The summed E-state index contributed by atoms with van der Waals surface area (Å²) in [7, 11) is 1.58. The Morgan fingerprint density at radius 2 is 1.68 bits per heavy atom. The van der Waals surface area contributed by atoms with Gasteiger partial charge in [-0.15, -0.1) is 0 Å². The molecule has 6 nitrogen and oxygen atoms in total. The molecular weight excluding hydrogens is 352 g/mol. The Hall–Kier alpha value is -2.99. The van der Waals surface area contributed by atoms with Gasteiger partial charge in [-0.05, 0) is 24.5 Å². The smallest absolute Gasteiger partial charge is 0.274 e. The molecule has 1 saturated heterocycles. The van der Waals surface area contributed by atoms with E-state index < -0.39 is 0 Å². The van der Waals surface area contributed by atoms with Crippen molar-refractivity contribution in [3.8, 4) is 0 Å². The first-order valence-corrected chi connectivity index (χ1v) is 9.65. The lowest BCUT2D eigenvalue weighted by atomic mass is 10.0. The molecule has 1 aliphatic heterocycles. The van der Waals surface area contributed by atoms with E-state index in [4.69, 9.17) is 0 Å². The number of benzene rings is 2. The van der Waals surface area contributed by atoms with Gasteiger partial charge in [-0.1, -0.05) is 48.5 Å². The van der Waals surface area contributed by atoms with E-state index in [1.165, 1.54) is 10.2 Å². The van der Waals surface area contributed by atoms with Gasteiger partial charge in [0.25, 0.3) is 11.5 Å². The van der Waals surface area contributed by atoms with Crippen LogP contribution >= 0.6 is 0 Å². The van der Waals surface area contributed by atoms with E-state index in [2.05, 4.69) is 39.6 Å². The van der Waals surface area contributed by atoms with Gasteiger partial charge in [0.2, 0.25) is 0 Å². The van der Waals surface area contributed by atoms with Crippen molar-refractivity contribution in [2.75, 3.05) is 13.1 Å². The maximum Gasteiger partial charge on any atom is 0.274 e. The number of rotatable bonds is 4. The minimum absolute atomic E-state index is 0.123. The number of hydrogen-bond donors (Lipinski definition) is 1. The van der Waals surface area contributed by atoms with Crippen LogP contribution in [0, 0.1) is 0 Å². The number of likely N-dealkylation sites (tertiary alicyclic amines) is 1. The second-order valence-corrected chi connectivity index (χ2v) is 7.33. The van der Waals surface area contributed by atoms with Crippen LogP contribution in [0.1, 0.15) is 28.9 Å². The Morgan fingerprint density at radius 1 is 1.04 bits per heavy atom. The molecule has 144 valence electrons. The maximum absolute atomic E-state index is 12.9. The highest BCUT2D eigenvalue weighted by molar-refractivity contribution is 6.04. The van der Waals surface area contributed by atoms with Gasteiger partial charge in [0.05, 0.1) is 5.39 Å². The van der Waals surface area contributed by atoms with E-state index in [9.17, 15) is 9.59 Å². The van der Waals surface area contributed by atoms with E-state index in [0.29, 0.717) is 16.5 Å². The average molecular weight is 376 g/mol. The summed E-state index contributed by atoms with van der Waals surface area (Å²) in [5, 5.41) is 8.45. The average Bonchev–Trinajstić information content (AvgIpc) is 2.73. The van der Waals surface area contributed by atoms with Gasteiger partial charge >= 0.3 is 0 Å². The van der Waals surface area contributed by atoms with E-state index >= 15 is 0 Å². The van der Waals surface area contributed by atoms with Crippen molar-refractivity contribution in [3.63, 3.8) is 0 Å². The lowest BCUT2D eigenvalue weighted by Crippen LogP contribution is -2.44. The fraction of sp³-hybridized carbons (Fsp3) is 0.318. The van der Waals surface area contributed by atoms with Crippen LogP contribution < -0.4 is 10.9 Å². The molecule has 0 aliphatic carbocycles. The SMILES string of the molecule is Cn1nc(C(=O)NC2CCN(Cc3ccccc3)CC2)c2ccccc2c1=O. The Balaban J connectivity index is 1.42. The number of aromatic nitrogens is 2. The van der Waals surface area contributed by atoms with Crippen LogP contribution in [-0.4, -0.2) is 39.7 Å². The summed E-state index contributed by atoms with van der Waals surface area (Å²) in [4.78, 5) is 27.5. The highest BCUT2D eigenvalue weighted by Crippen LogP contribution is 2.16. The molecule has 1 amide bonds. The molecule has 6 heteroatoms. The summed E-state index contributed by atoms with van der Waals surface area (Å²) in [6.45, 7) is 2.83. The molecule has 0 bridgehead atoms. The number of piperidine rings is 1. The summed E-state index contributed by atoms with van der Waals surface area (Å²) >= 11 is 0. The lowest BCUT2D eigenvalue weighted by Gasteiger charge is -2.32. The number of nitrogens with zero attached hydrogens (tertiary/aromatic N) is 3. The molecule has 4 rings (SSSR count). The topological polar surface area (TPSA) is 67.2 Å². The van der Waals surface area contributed by atoms with Gasteiger partial charge in [0, 0.05) is 38.1 Å². The van der Waals surface area contributed by atoms with Crippen molar-refractivity contribution in [2.45, 2.75) is 25.4 Å². The molecule has 0 spiro atoms. The largest absolute Gasteiger partial charge is 0.348 e. The number of carbonyl (C=O) groups excluding carboxylic acids is 1. The van der Waals surface area contributed by atoms with Gasteiger partial charge in [-0.2, -0.15) is 5.10 Å². The van der Waals surface area contributed by atoms with E-state index in [-0.39, 0.29) is 17.5 Å². The fourth-order valence-corrected chi connectivity index (χ4v) is 3.80. The monoisotopic (exact) mass is 376 g/mol. The van der Waals surface area contributed by atoms with E-state index in [1.54, 1.807) is 25.2 Å². The predicted octanol–water partition coefficient (Wildman–Crippen LogP) is 2.33. The Kier molecular flexibility index (Phi) is 5.21. The quantitative estimate of drug-likeness (QED) is 0.759. The Morgan fingerprint density at radius 3 is 2.39 bits per heavy atom. The van der Waals surface area contributed by atoms with Crippen molar-refractivity contribution < 1.29 is 4.79 Å². The summed E-state index contributed by atoms with van der Waals surface area (Å²) in [6, 6.07) is 17.7. The van der Waals surface area contributed by atoms with Crippen LogP contribution in [0.25, 0.3) is 10.8 Å². The van der Waals surface area contributed by atoms with E-state index in [0.717, 1.165) is 32.5 Å². The summed E-state index contributed by atoms with van der Waals surface area (Å²) in [6.07, 6.45) is 1.81. The lowest BCUT2D eigenvalue weighted by molar-refractivity contribution is 0.0903. The van der Waals surface area contributed by atoms with Crippen molar-refractivity contribution in [3.05, 3.63) is 76.2 Å². The highest BCUT2D eigenvalue weighted by atomic mass is 16.2. The third-order valence-corrected chi connectivity index (χ3v) is 5.34.